The van der Waals surface area contributed by atoms with Gasteiger partial charge in [-0.05, 0) is 37.5 Å². The average Bonchev–Trinajstić information content (AvgIpc) is 2.76. The van der Waals surface area contributed by atoms with E-state index in [0.29, 0.717) is 25.0 Å². The molecule has 1 unspecified atom stereocenters. The Hall–Kier alpha value is -3.15. The lowest BCUT2D eigenvalue weighted by Gasteiger charge is -2.29. The fourth-order valence-corrected chi connectivity index (χ4v) is 3.93. The van der Waals surface area contributed by atoms with E-state index in [2.05, 4.69) is 12.2 Å². The standard InChI is InChI=1S/C23H26N4O2/c1-17-8-7-13-21-25-20-12-6-5-11-19(20)22(28)26(21)15-14-24-23(29)27(17)16-18-9-3-2-4-10-18/h2-6,9-12,17H,7-8,13-16H2,1H3,(H,24,29). The van der Waals surface area contributed by atoms with E-state index in [-0.39, 0.29) is 17.6 Å². The fourth-order valence-electron chi connectivity index (χ4n) is 3.93. The van der Waals surface area contributed by atoms with Crippen LogP contribution in [0.3, 0.4) is 0 Å². The molecule has 0 saturated heterocycles. The molecule has 4 rings (SSSR count). The quantitative estimate of drug-likeness (QED) is 0.730. The lowest BCUT2D eigenvalue weighted by atomic mass is 10.1. The van der Waals surface area contributed by atoms with Gasteiger partial charge in [-0.15, -0.1) is 0 Å². The first-order valence-electron chi connectivity index (χ1n) is 10.2. The van der Waals surface area contributed by atoms with Crippen molar-refractivity contribution in [3.63, 3.8) is 0 Å². The van der Waals surface area contributed by atoms with Gasteiger partial charge >= 0.3 is 6.03 Å². The van der Waals surface area contributed by atoms with Gasteiger partial charge in [-0.2, -0.15) is 0 Å². The second-order valence-corrected chi connectivity index (χ2v) is 7.59. The Bertz CT molecular complexity index is 1060. The molecule has 1 aliphatic heterocycles. The van der Waals surface area contributed by atoms with Gasteiger partial charge in [0, 0.05) is 32.1 Å². The van der Waals surface area contributed by atoms with Crippen molar-refractivity contribution in [3.8, 4) is 0 Å². The summed E-state index contributed by atoms with van der Waals surface area (Å²) in [4.78, 5) is 32.5. The minimum atomic E-state index is -0.0911. The molecule has 1 aliphatic rings. The Labute approximate surface area is 170 Å². The Kier molecular flexibility index (Phi) is 5.60. The molecule has 2 aromatic carbocycles. The summed E-state index contributed by atoms with van der Waals surface area (Å²) >= 11 is 0. The van der Waals surface area contributed by atoms with Gasteiger partial charge in [0.15, 0.2) is 0 Å². The molecular weight excluding hydrogens is 364 g/mol. The number of fused-ring (bicyclic) bond motifs is 2. The van der Waals surface area contributed by atoms with Crippen LogP contribution in [-0.4, -0.2) is 33.1 Å². The molecule has 1 aromatic heterocycles. The maximum Gasteiger partial charge on any atom is 0.318 e. The highest BCUT2D eigenvalue weighted by atomic mass is 16.2. The van der Waals surface area contributed by atoms with E-state index >= 15 is 0 Å². The zero-order valence-electron chi connectivity index (χ0n) is 16.7. The van der Waals surface area contributed by atoms with Crippen molar-refractivity contribution in [3.05, 3.63) is 76.3 Å². The van der Waals surface area contributed by atoms with Crippen LogP contribution in [0.25, 0.3) is 10.9 Å². The van der Waals surface area contributed by atoms with Crippen LogP contribution in [-0.2, 0) is 19.5 Å². The van der Waals surface area contributed by atoms with Crippen LogP contribution in [0.15, 0.2) is 59.4 Å². The second kappa shape index (κ2) is 8.47. The molecule has 6 nitrogen and oxygen atoms in total. The molecule has 6 heteroatoms. The van der Waals surface area contributed by atoms with E-state index in [1.54, 1.807) is 4.57 Å². The number of rotatable bonds is 2. The number of para-hydroxylation sites is 1. The number of amides is 2. The Morgan fingerprint density at radius 1 is 1.07 bits per heavy atom. The Morgan fingerprint density at radius 2 is 1.83 bits per heavy atom. The van der Waals surface area contributed by atoms with Gasteiger partial charge < -0.3 is 10.2 Å². The molecule has 150 valence electrons. The van der Waals surface area contributed by atoms with E-state index in [1.165, 1.54) is 0 Å². The van der Waals surface area contributed by atoms with Crippen LogP contribution >= 0.6 is 0 Å². The minimum Gasteiger partial charge on any atom is -0.336 e. The third-order valence-electron chi connectivity index (χ3n) is 5.56. The van der Waals surface area contributed by atoms with Crippen molar-refractivity contribution >= 4 is 16.9 Å². The Morgan fingerprint density at radius 3 is 2.66 bits per heavy atom. The van der Waals surface area contributed by atoms with Gasteiger partial charge in [0.25, 0.3) is 5.56 Å². The molecule has 29 heavy (non-hydrogen) atoms. The summed E-state index contributed by atoms with van der Waals surface area (Å²) in [7, 11) is 0. The first kappa shape index (κ1) is 19.2. The largest absolute Gasteiger partial charge is 0.336 e. The summed E-state index contributed by atoms with van der Waals surface area (Å²) < 4.78 is 1.72. The van der Waals surface area contributed by atoms with Crippen molar-refractivity contribution in [1.82, 2.24) is 19.8 Å². The van der Waals surface area contributed by atoms with Crippen LogP contribution in [0.5, 0.6) is 0 Å². The zero-order valence-corrected chi connectivity index (χ0v) is 16.7. The first-order valence-corrected chi connectivity index (χ1v) is 10.2. The number of carbonyl (C=O) groups excluding carboxylic acids is 1. The molecule has 1 atom stereocenters. The van der Waals surface area contributed by atoms with Crippen molar-refractivity contribution in [2.75, 3.05) is 6.54 Å². The van der Waals surface area contributed by atoms with Gasteiger partial charge in [0.1, 0.15) is 5.82 Å². The molecule has 0 bridgehead atoms. The number of hydrogen-bond donors (Lipinski definition) is 1. The maximum atomic E-state index is 13.0. The third kappa shape index (κ3) is 4.16. The monoisotopic (exact) mass is 390 g/mol. The number of aromatic nitrogens is 2. The molecule has 2 heterocycles. The summed E-state index contributed by atoms with van der Waals surface area (Å²) in [6.07, 6.45) is 2.44. The van der Waals surface area contributed by atoms with E-state index in [4.69, 9.17) is 4.98 Å². The third-order valence-corrected chi connectivity index (χ3v) is 5.56. The smallest absolute Gasteiger partial charge is 0.318 e. The number of carbonyl (C=O) groups is 1. The first-order chi connectivity index (χ1) is 14.1. The fraction of sp³-hybridized carbons (Fsp3) is 0.348. The van der Waals surface area contributed by atoms with Crippen LogP contribution in [0.4, 0.5) is 4.79 Å². The van der Waals surface area contributed by atoms with Gasteiger partial charge in [0.2, 0.25) is 0 Å². The number of nitrogens with zero attached hydrogens (tertiary/aromatic N) is 3. The van der Waals surface area contributed by atoms with E-state index in [1.807, 2.05) is 59.5 Å². The molecule has 1 N–H and O–H groups in total. The molecule has 0 radical (unpaired) electrons. The van der Waals surface area contributed by atoms with Crippen molar-refractivity contribution < 1.29 is 4.79 Å². The van der Waals surface area contributed by atoms with Gasteiger partial charge in [0.05, 0.1) is 10.9 Å². The highest BCUT2D eigenvalue weighted by Gasteiger charge is 2.22. The lowest BCUT2D eigenvalue weighted by molar-refractivity contribution is 0.171. The zero-order chi connectivity index (χ0) is 20.2. The van der Waals surface area contributed by atoms with Crippen LogP contribution in [0.1, 0.15) is 31.2 Å². The SMILES string of the molecule is CC1CCCc2nc3ccccc3c(=O)n2CCNC(=O)N1Cc1ccccc1. The minimum absolute atomic E-state index is 0.0340. The number of nitrogens with one attached hydrogen (secondary N) is 1. The van der Waals surface area contributed by atoms with E-state index < -0.39 is 0 Å². The van der Waals surface area contributed by atoms with Crippen LogP contribution in [0, 0.1) is 0 Å². The predicted molar refractivity (Wildman–Crippen MR) is 114 cm³/mol. The number of hydrogen-bond acceptors (Lipinski definition) is 3. The summed E-state index contributed by atoms with van der Waals surface area (Å²) in [5.41, 5.74) is 1.81. The van der Waals surface area contributed by atoms with Gasteiger partial charge in [-0.25, -0.2) is 9.78 Å². The maximum absolute atomic E-state index is 13.0. The second-order valence-electron chi connectivity index (χ2n) is 7.59. The molecule has 2 amide bonds. The van der Waals surface area contributed by atoms with Crippen molar-refractivity contribution in [2.24, 2.45) is 0 Å². The molecule has 3 aromatic rings. The van der Waals surface area contributed by atoms with Crippen molar-refractivity contribution in [2.45, 2.75) is 45.3 Å². The topological polar surface area (TPSA) is 67.2 Å². The molecule has 0 fully saturated rings. The summed E-state index contributed by atoms with van der Waals surface area (Å²) in [6, 6.07) is 17.5. The number of benzene rings is 2. The molecule has 0 spiro atoms. The highest BCUT2D eigenvalue weighted by molar-refractivity contribution is 5.77. The van der Waals surface area contributed by atoms with Crippen LogP contribution < -0.4 is 10.9 Å². The van der Waals surface area contributed by atoms with Gasteiger partial charge in [-0.1, -0.05) is 42.5 Å². The lowest BCUT2D eigenvalue weighted by Crippen LogP contribution is -2.45. The van der Waals surface area contributed by atoms with E-state index in [0.717, 1.165) is 36.2 Å². The predicted octanol–water partition coefficient (Wildman–Crippen LogP) is 3.33. The normalized spacial score (nSPS) is 18.0. The summed E-state index contributed by atoms with van der Waals surface area (Å²) in [5.74, 6) is 0.798. The summed E-state index contributed by atoms with van der Waals surface area (Å²) in [5, 5.41) is 3.62. The summed E-state index contributed by atoms with van der Waals surface area (Å²) in [6.45, 7) is 3.47. The van der Waals surface area contributed by atoms with Gasteiger partial charge in [-0.3, -0.25) is 9.36 Å². The van der Waals surface area contributed by atoms with Crippen LogP contribution in [0.2, 0.25) is 0 Å². The Balaban J connectivity index is 1.60. The molecule has 0 aliphatic carbocycles. The number of urea groups is 1. The van der Waals surface area contributed by atoms with Crippen molar-refractivity contribution in [1.29, 1.82) is 0 Å². The molecular formula is C23H26N4O2. The average molecular weight is 390 g/mol. The van der Waals surface area contributed by atoms with E-state index in [9.17, 15) is 9.59 Å². The highest BCUT2D eigenvalue weighted by Crippen LogP contribution is 2.16. The number of aryl methyl sites for hydroxylation is 1. The molecule has 0 saturated carbocycles.